The predicted molar refractivity (Wildman–Crippen MR) is 272 cm³/mol. The van der Waals surface area contributed by atoms with E-state index in [1.807, 2.05) is 0 Å². The summed E-state index contributed by atoms with van der Waals surface area (Å²) in [7, 11) is -23.0. The molecule has 426 valence electrons. The lowest BCUT2D eigenvalue weighted by Gasteiger charge is -2.45. The van der Waals surface area contributed by atoms with Gasteiger partial charge in [0, 0.05) is 12.8 Å². The van der Waals surface area contributed by atoms with Crippen molar-refractivity contribution in [1.29, 1.82) is 0 Å². The summed E-state index contributed by atoms with van der Waals surface area (Å²) in [5.74, 6) is -1.43. The fourth-order valence-corrected chi connectivity index (χ4v) is 10.3. The molecular weight excluding hydrogens is 1040 g/mol. The number of ether oxygens (including phenoxy) is 2. The summed E-state index contributed by atoms with van der Waals surface area (Å²) in [6, 6.07) is 0. The Balaban J connectivity index is 2.89. The third-order valence-corrected chi connectivity index (χ3v) is 13.9. The highest BCUT2D eigenvalue weighted by molar-refractivity contribution is 7.47. The summed E-state index contributed by atoms with van der Waals surface area (Å²) in [5.41, 5.74) is 0. The quantitative estimate of drug-likeness (QED) is 0.0119. The van der Waals surface area contributed by atoms with Crippen LogP contribution < -0.4 is 0 Å². The zero-order chi connectivity index (χ0) is 54.6. The Morgan fingerprint density at radius 3 is 1.25 bits per heavy atom. The number of carbonyl (C=O) groups is 2. The van der Waals surface area contributed by atoms with Crippen LogP contribution >= 0.6 is 31.3 Å². The van der Waals surface area contributed by atoms with Gasteiger partial charge in [-0.05, 0) is 77.0 Å². The smallest absolute Gasteiger partial charge is 0.462 e. The van der Waals surface area contributed by atoms with Gasteiger partial charge < -0.3 is 53.9 Å². The Morgan fingerprint density at radius 1 is 0.438 bits per heavy atom. The Bertz CT molecular complexity index is 1770. The number of hydrogen-bond donors (Lipinski definition) is 9. The van der Waals surface area contributed by atoms with Crippen molar-refractivity contribution < 1.29 is 104 Å². The number of aliphatic hydroxyl groups is 2. The van der Waals surface area contributed by atoms with E-state index >= 15 is 0 Å². The molecule has 73 heavy (non-hydrogen) atoms. The van der Waals surface area contributed by atoms with Crippen LogP contribution in [0.2, 0.25) is 0 Å². The van der Waals surface area contributed by atoms with Crippen LogP contribution in [0.15, 0.2) is 48.6 Å². The van der Waals surface area contributed by atoms with E-state index in [1.54, 1.807) is 0 Å². The minimum absolute atomic E-state index is 0.0226. The highest BCUT2D eigenvalue weighted by Crippen LogP contribution is 2.53. The number of unbranched alkanes of at least 4 members (excludes halogenated alkanes) is 18. The molecule has 26 heteroatoms. The molecule has 0 bridgehead atoms. The molecule has 0 aliphatic heterocycles. The summed E-state index contributed by atoms with van der Waals surface area (Å²) in [6.07, 6.45) is 23.0. The van der Waals surface area contributed by atoms with Gasteiger partial charge in [-0.25, -0.2) is 18.3 Å². The van der Waals surface area contributed by atoms with Gasteiger partial charge in [-0.15, -0.1) is 0 Å². The first kappa shape index (κ1) is 69.3. The average molecular weight is 1130 g/mol. The maximum atomic E-state index is 13.3. The Kier molecular flexibility index (Phi) is 37.6. The van der Waals surface area contributed by atoms with Crippen molar-refractivity contribution in [2.75, 3.05) is 13.2 Å². The highest BCUT2D eigenvalue weighted by Gasteiger charge is 2.59. The van der Waals surface area contributed by atoms with Gasteiger partial charge in [-0.3, -0.25) is 32.2 Å². The second-order valence-corrected chi connectivity index (χ2v) is 22.9. The first-order valence-corrected chi connectivity index (χ1v) is 31.8. The fraction of sp³-hybridized carbons (Fsp3) is 0.787. The number of aliphatic hydroxyl groups excluding tert-OH is 2. The third-order valence-electron chi connectivity index (χ3n) is 11.3. The highest BCUT2D eigenvalue weighted by atomic mass is 31.2. The number of hydrogen-bond acceptors (Lipinski definition) is 15. The van der Waals surface area contributed by atoms with Gasteiger partial charge in [0.1, 0.15) is 43.2 Å². The molecule has 1 rings (SSSR count). The zero-order valence-electron chi connectivity index (χ0n) is 42.6. The van der Waals surface area contributed by atoms with E-state index in [0.29, 0.717) is 19.3 Å². The molecule has 22 nitrogen and oxygen atoms in total. The molecule has 0 spiro atoms. The number of phosphoric ester groups is 4. The van der Waals surface area contributed by atoms with Gasteiger partial charge in [0.25, 0.3) is 0 Å². The normalized spacial score (nSPS) is 21.4. The van der Waals surface area contributed by atoms with Gasteiger partial charge in [0.05, 0.1) is 6.61 Å². The van der Waals surface area contributed by atoms with E-state index in [-0.39, 0.29) is 12.8 Å². The van der Waals surface area contributed by atoms with Crippen molar-refractivity contribution in [2.45, 2.75) is 224 Å². The van der Waals surface area contributed by atoms with Crippen molar-refractivity contribution in [3.63, 3.8) is 0 Å². The molecule has 0 radical (unpaired) electrons. The SMILES string of the molecule is CCCCC/C=C\C/C=C\C/C=C\CCCCCCC(=O)O[C@H](COC(=O)CCCCCCCCC/C=C\CCCCCC)COP(=O)(O)OC1C(O)C(OP(=O)(O)O)C(OP(=O)(O)O)[C@@H](OP(=O)(O)O)C1O. The maximum absolute atomic E-state index is 13.3. The maximum Gasteiger partial charge on any atom is 0.472 e. The van der Waals surface area contributed by atoms with E-state index in [4.69, 9.17) is 18.5 Å². The van der Waals surface area contributed by atoms with Crippen LogP contribution in [0, 0.1) is 0 Å². The van der Waals surface area contributed by atoms with Gasteiger partial charge in [-0.1, -0.05) is 140 Å². The van der Waals surface area contributed by atoms with E-state index < -0.39 is 99.2 Å². The van der Waals surface area contributed by atoms with Crippen LogP contribution in [-0.4, -0.2) is 112 Å². The van der Waals surface area contributed by atoms with Crippen molar-refractivity contribution >= 4 is 43.2 Å². The van der Waals surface area contributed by atoms with Crippen LogP contribution in [0.1, 0.15) is 181 Å². The molecule has 8 atom stereocenters. The molecule has 0 aromatic rings. The third kappa shape index (κ3) is 37.6. The zero-order valence-corrected chi connectivity index (χ0v) is 46.2. The lowest BCUT2D eigenvalue weighted by Crippen LogP contribution is -2.65. The van der Waals surface area contributed by atoms with Gasteiger partial charge in [0.15, 0.2) is 6.10 Å². The first-order chi connectivity index (χ1) is 34.5. The molecule has 0 heterocycles. The van der Waals surface area contributed by atoms with E-state index in [1.165, 1.54) is 44.9 Å². The monoisotopic (exact) mass is 1130 g/mol. The average Bonchev–Trinajstić information content (AvgIpc) is 3.30. The Labute approximate surface area is 431 Å². The van der Waals surface area contributed by atoms with Crippen LogP contribution in [-0.2, 0) is 59.9 Å². The summed E-state index contributed by atoms with van der Waals surface area (Å²) in [6.45, 7) is 2.70. The standard InChI is InChI=1S/C47H86O22P4/c1-3-5-7-9-11-13-15-17-19-20-22-24-26-28-30-32-34-36-41(49)65-39(37-63-40(48)35-33-31-29-27-25-23-21-18-16-14-12-10-8-6-4-2)38-64-73(61,62)69-44-42(50)45(66-70(52,53)54)47(68-72(58,59)60)46(43(44)51)67-71(55,56)57/h11,13-14,16-17,19,22,24,39,42-47,50-51H,3-10,12,15,18,20-21,23,25-38H2,1-2H3,(H,61,62)(H2,52,53,54)(H2,55,56,57)(H2,58,59,60)/b13-11-,16-14-,19-17-,24-22-/t39-,42?,43?,44?,45+,46?,47?/m1/s1. The number of esters is 2. The summed E-state index contributed by atoms with van der Waals surface area (Å²) < 4.78 is 82.2. The number of carbonyl (C=O) groups excluding carboxylic acids is 2. The van der Waals surface area contributed by atoms with Crippen molar-refractivity contribution in [3.05, 3.63) is 48.6 Å². The molecule has 0 aromatic heterocycles. The van der Waals surface area contributed by atoms with Crippen LogP contribution in [0.3, 0.4) is 0 Å². The summed E-state index contributed by atoms with van der Waals surface area (Å²) in [4.78, 5) is 93.0. The van der Waals surface area contributed by atoms with E-state index in [2.05, 4.69) is 76.0 Å². The molecule has 1 aliphatic rings. The lowest BCUT2D eigenvalue weighted by molar-refractivity contribution is -0.209. The Hall–Kier alpha value is -1.74. The largest absolute Gasteiger partial charge is 0.472 e. The Morgan fingerprint density at radius 2 is 0.795 bits per heavy atom. The van der Waals surface area contributed by atoms with Gasteiger partial charge in [-0.2, -0.15) is 0 Å². The second kappa shape index (κ2) is 39.6. The fourth-order valence-electron chi connectivity index (χ4n) is 7.61. The topological polar surface area (TPSA) is 349 Å². The van der Waals surface area contributed by atoms with E-state index in [9.17, 15) is 72.3 Å². The van der Waals surface area contributed by atoms with Crippen molar-refractivity contribution in [2.24, 2.45) is 0 Å². The molecule has 9 N–H and O–H groups in total. The van der Waals surface area contributed by atoms with Crippen molar-refractivity contribution in [3.8, 4) is 0 Å². The number of allylic oxidation sites excluding steroid dienone is 8. The molecule has 0 amide bonds. The van der Waals surface area contributed by atoms with E-state index in [0.717, 1.165) is 89.9 Å². The molecule has 0 saturated heterocycles. The van der Waals surface area contributed by atoms with Gasteiger partial charge in [0.2, 0.25) is 0 Å². The lowest BCUT2D eigenvalue weighted by atomic mass is 9.85. The molecule has 1 aliphatic carbocycles. The first-order valence-electron chi connectivity index (χ1n) is 25.7. The molecular formula is C47H86O22P4. The minimum Gasteiger partial charge on any atom is -0.462 e. The molecule has 1 fully saturated rings. The van der Waals surface area contributed by atoms with Gasteiger partial charge >= 0.3 is 43.2 Å². The second-order valence-electron chi connectivity index (χ2n) is 18.0. The van der Waals surface area contributed by atoms with Crippen molar-refractivity contribution in [1.82, 2.24) is 0 Å². The predicted octanol–water partition coefficient (Wildman–Crippen LogP) is 9.52. The minimum atomic E-state index is -5.80. The number of rotatable bonds is 44. The molecule has 6 unspecified atom stereocenters. The van der Waals surface area contributed by atoms with Crippen LogP contribution in [0.5, 0.6) is 0 Å². The number of phosphoric acid groups is 4. The van der Waals surface area contributed by atoms with Crippen LogP contribution in [0.25, 0.3) is 0 Å². The molecule has 1 saturated carbocycles. The van der Waals surface area contributed by atoms with Crippen LogP contribution in [0.4, 0.5) is 0 Å². The summed E-state index contributed by atoms with van der Waals surface area (Å²) >= 11 is 0. The molecule has 0 aromatic carbocycles. The summed E-state index contributed by atoms with van der Waals surface area (Å²) in [5, 5.41) is 21.9.